The van der Waals surface area contributed by atoms with Crippen LogP contribution in [0.25, 0.3) is 0 Å². The topological polar surface area (TPSA) is 34.1 Å². The van der Waals surface area contributed by atoms with E-state index in [0.29, 0.717) is 0 Å². The Morgan fingerprint density at radius 3 is 2.08 bits per heavy atom. The van der Waals surface area contributed by atoms with Gasteiger partial charge in [-0.1, -0.05) is 12.1 Å². The summed E-state index contributed by atoms with van der Waals surface area (Å²) >= 11 is 5.45. The quantitative estimate of drug-likeness (QED) is 0.551. The minimum Gasteiger partial charge on any atom is -0.189 e. The van der Waals surface area contributed by atoms with E-state index in [1.54, 1.807) is 0 Å². The number of halogens is 2. The highest BCUT2D eigenvalue weighted by atomic mass is 35.5. The molecule has 0 spiro atoms. The summed E-state index contributed by atoms with van der Waals surface area (Å²) < 4.78 is 33.0. The molecule has 0 amide bonds. The molecule has 0 unspecified atom stereocenters. The van der Waals surface area contributed by atoms with Gasteiger partial charge in [0.2, 0.25) is 0 Å². The average Bonchev–Trinajstić information content (AvgIpc) is 2.03. The molecule has 0 saturated carbocycles. The Labute approximate surface area is 75.2 Å². The first kappa shape index (κ1) is 9.48. The molecule has 66 valence electrons. The van der Waals surface area contributed by atoms with Crippen LogP contribution in [0.5, 0.6) is 0 Å². The van der Waals surface area contributed by atoms with Crippen molar-refractivity contribution in [2.75, 3.05) is 0 Å². The van der Waals surface area contributed by atoms with Crippen LogP contribution in [0, 0.1) is 0 Å². The molecule has 2 nitrogen and oxygen atoms in total. The van der Waals surface area contributed by atoms with E-state index in [2.05, 4.69) is 0 Å². The maximum Gasteiger partial charge on any atom is 0.332 e. The molecular formula is C7H6ClFO2S. The van der Waals surface area contributed by atoms with Crippen LogP contribution < -0.4 is 0 Å². The first-order valence-corrected chi connectivity index (χ1v) is 5.05. The Balaban J connectivity index is 3.09. The predicted molar refractivity (Wildman–Crippen MR) is 44.3 cm³/mol. The largest absolute Gasteiger partial charge is 0.332 e. The Morgan fingerprint density at radius 2 is 1.75 bits per heavy atom. The van der Waals surface area contributed by atoms with Crippen molar-refractivity contribution in [2.24, 2.45) is 0 Å². The summed E-state index contributed by atoms with van der Waals surface area (Å²) in [6, 6.07) is 5.32. The molecule has 1 aromatic carbocycles. The fourth-order valence-electron chi connectivity index (χ4n) is 0.741. The van der Waals surface area contributed by atoms with Crippen LogP contribution in [0.15, 0.2) is 29.2 Å². The molecule has 0 aliphatic carbocycles. The lowest BCUT2D eigenvalue weighted by molar-refractivity contribution is 0.552. The van der Waals surface area contributed by atoms with Crippen molar-refractivity contribution in [1.82, 2.24) is 0 Å². The Morgan fingerprint density at radius 1 is 1.25 bits per heavy atom. The smallest absolute Gasteiger partial charge is 0.189 e. The van der Waals surface area contributed by atoms with E-state index in [9.17, 15) is 12.3 Å². The van der Waals surface area contributed by atoms with E-state index in [0.717, 1.165) is 5.56 Å². The summed E-state index contributed by atoms with van der Waals surface area (Å²) in [5.41, 5.74) is 0.754. The van der Waals surface area contributed by atoms with Gasteiger partial charge in [-0.25, -0.2) is 0 Å². The van der Waals surface area contributed by atoms with Crippen LogP contribution in [-0.2, 0) is 16.1 Å². The van der Waals surface area contributed by atoms with Gasteiger partial charge < -0.3 is 0 Å². The number of hydrogen-bond acceptors (Lipinski definition) is 2. The molecule has 0 fully saturated rings. The Bertz CT molecular complexity index is 357. The third kappa shape index (κ3) is 2.19. The van der Waals surface area contributed by atoms with Crippen molar-refractivity contribution in [3.05, 3.63) is 29.8 Å². The van der Waals surface area contributed by atoms with Crippen molar-refractivity contribution in [2.45, 2.75) is 10.8 Å². The van der Waals surface area contributed by atoms with Crippen molar-refractivity contribution in [3.8, 4) is 0 Å². The summed E-state index contributed by atoms with van der Waals surface area (Å²) in [6.45, 7) is 0. The van der Waals surface area contributed by atoms with Gasteiger partial charge in [0.15, 0.2) is 0 Å². The molecule has 0 bridgehead atoms. The van der Waals surface area contributed by atoms with E-state index < -0.39 is 10.2 Å². The minimum atomic E-state index is -4.57. The molecule has 0 N–H and O–H groups in total. The fraction of sp³-hybridized carbons (Fsp3) is 0.143. The molecule has 12 heavy (non-hydrogen) atoms. The van der Waals surface area contributed by atoms with E-state index in [-0.39, 0.29) is 10.8 Å². The fourth-order valence-corrected chi connectivity index (χ4v) is 1.38. The molecule has 0 radical (unpaired) electrons. The lowest BCUT2D eigenvalue weighted by atomic mass is 10.2. The molecule has 0 aliphatic rings. The third-order valence-corrected chi connectivity index (χ3v) is 2.50. The van der Waals surface area contributed by atoms with Crippen LogP contribution in [0.3, 0.4) is 0 Å². The zero-order valence-electron chi connectivity index (χ0n) is 6.00. The number of rotatable bonds is 2. The van der Waals surface area contributed by atoms with Gasteiger partial charge in [0.05, 0.1) is 4.90 Å². The molecule has 0 aliphatic heterocycles. The second kappa shape index (κ2) is 3.41. The first-order valence-electron chi connectivity index (χ1n) is 3.13. The molecule has 0 atom stereocenters. The summed E-state index contributed by atoms with van der Waals surface area (Å²) in [5, 5.41) is 0. The van der Waals surface area contributed by atoms with Gasteiger partial charge in [-0.05, 0) is 17.7 Å². The minimum absolute atomic E-state index is 0.284. The Hall–Kier alpha value is -0.610. The van der Waals surface area contributed by atoms with Gasteiger partial charge in [-0.2, -0.15) is 8.42 Å². The van der Waals surface area contributed by atoms with Gasteiger partial charge in [0.25, 0.3) is 0 Å². The normalized spacial score (nSPS) is 11.5. The van der Waals surface area contributed by atoms with E-state index >= 15 is 0 Å². The van der Waals surface area contributed by atoms with Crippen molar-refractivity contribution >= 4 is 21.8 Å². The highest BCUT2D eigenvalue weighted by molar-refractivity contribution is 7.86. The zero-order valence-corrected chi connectivity index (χ0v) is 7.57. The number of benzene rings is 1. The van der Waals surface area contributed by atoms with Crippen molar-refractivity contribution in [1.29, 1.82) is 0 Å². The number of hydrogen-bond donors (Lipinski definition) is 0. The monoisotopic (exact) mass is 208 g/mol. The van der Waals surface area contributed by atoms with Crippen LogP contribution in [-0.4, -0.2) is 8.42 Å². The van der Waals surface area contributed by atoms with Crippen LogP contribution in [0.4, 0.5) is 3.89 Å². The first-order chi connectivity index (χ1) is 5.54. The van der Waals surface area contributed by atoms with Crippen molar-refractivity contribution < 1.29 is 12.3 Å². The average molecular weight is 209 g/mol. The van der Waals surface area contributed by atoms with Crippen molar-refractivity contribution in [3.63, 3.8) is 0 Å². The maximum absolute atomic E-state index is 12.3. The SMILES string of the molecule is O=S(=O)(F)c1ccc(CCl)cc1. The van der Waals surface area contributed by atoms with E-state index in [4.69, 9.17) is 11.6 Å². The van der Waals surface area contributed by atoms with Crippen LogP contribution in [0.2, 0.25) is 0 Å². The lowest BCUT2D eigenvalue weighted by Crippen LogP contribution is -1.91. The molecule has 1 aromatic rings. The van der Waals surface area contributed by atoms with Crippen LogP contribution >= 0.6 is 11.6 Å². The molecule has 0 aromatic heterocycles. The molecule has 0 saturated heterocycles. The summed E-state index contributed by atoms with van der Waals surface area (Å²) in [7, 11) is -4.57. The van der Waals surface area contributed by atoms with Gasteiger partial charge in [0.1, 0.15) is 0 Å². The van der Waals surface area contributed by atoms with Crippen LogP contribution in [0.1, 0.15) is 5.56 Å². The third-order valence-electron chi connectivity index (χ3n) is 1.36. The zero-order chi connectivity index (χ0) is 9.19. The molecule has 5 heteroatoms. The highest BCUT2D eigenvalue weighted by Gasteiger charge is 2.10. The summed E-state index contributed by atoms with van der Waals surface area (Å²) in [5.74, 6) is 0.284. The predicted octanol–water partition coefficient (Wildman–Crippen LogP) is 2.08. The van der Waals surface area contributed by atoms with Gasteiger partial charge in [-0.3, -0.25) is 0 Å². The second-order valence-corrected chi connectivity index (χ2v) is 3.83. The maximum atomic E-state index is 12.3. The highest BCUT2D eigenvalue weighted by Crippen LogP contribution is 2.13. The standard InChI is InChI=1S/C7H6ClFO2S/c8-5-6-1-3-7(4-2-6)12(9,10)11/h1-4H,5H2. The summed E-state index contributed by atoms with van der Waals surface area (Å²) in [4.78, 5) is -0.337. The van der Waals surface area contributed by atoms with Gasteiger partial charge >= 0.3 is 10.2 Å². The van der Waals surface area contributed by atoms with E-state index in [1.165, 1.54) is 24.3 Å². The van der Waals surface area contributed by atoms with Gasteiger partial charge in [-0.15, -0.1) is 15.5 Å². The molecular weight excluding hydrogens is 203 g/mol. The molecule has 0 heterocycles. The lowest BCUT2D eigenvalue weighted by Gasteiger charge is -1.95. The van der Waals surface area contributed by atoms with E-state index in [1.807, 2.05) is 0 Å². The van der Waals surface area contributed by atoms with Gasteiger partial charge in [0, 0.05) is 5.88 Å². The second-order valence-electron chi connectivity index (χ2n) is 2.22. The number of alkyl halides is 1. The molecule has 1 rings (SSSR count). The summed E-state index contributed by atoms with van der Waals surface area (Å²) in [6.07, 6.45) is 0. The Kier molecular flexibility index (Phi) is 2.69.